The van der Waals surface area contributed by atoms with Crippen LogP contribution < -0.4 is 5.32 Å². The maximum Gasteiger partial charge on any atom is 0.130 e. The zero-order chi connectivity index (χ0) is 15.4. The van der Waals surface area contributed by atoms with Crippen molar-refractivity contribution in [1.82, 2.24) is 10.2 Å². The highest BCUT2D eigenvalue weighted by atomic mass is 19.1. The number of hydrogen-bond acceptors (Lipinski definition) is 3. The highest BCUT2D eigenvalue weighted by Gasteiger charge is 2.26. The van der Waals surface area contributed by atoms with Crippen LogP contribution in [0.4, 0.5) is 8.78 Å². The second-order valence-corrected chi connectivity index (χ2v) is 6.23. The van der Waals surface area contributed by atoms with Crippen molar-refractivity contribution < 1.29 is 13.5 Å². The van der Waals surface area contributed by atoms with Crippen molar-refractivity contribution in [3.63, 3.8) is 0 Å². The molecule has 5 heteroatoms. The van der Waals surface area contributed by atoms with E-state index in [1.165, 1.54) is 18.2 Å². The number of piperidine rings is 1. The molecule has 0 aromatic heterocycles. The van der Waals surface area contributed by atoms with Gasteiger partial charge in [0.1, 0.15) is 11.6 Å². The average Bonchev–Trinajstić information content (AvgIpc) is 2.56. The molecule has 0 spiro atoms. The number of nitrogens with one attached hydrogen (secondary N) is 1. The summed E-state index contributed by atoms with van der Waals surface area (Å²) in [6.45, 7) is 4.12. The molecule has 3 nitrogen and oxygen atoms in total. The molecule has 0 bridgehead atoms. The lowest BCUT2D eigenvalue weighted by molar-refractivity contribution is 0.0238. The third kappa shape index (κ3) is 3.83. The Kier molecular flexibility index (Phi) is 5.39. The van der Waals surface area contributed by atoms with Crippen molar-refractivity contribution in [1.29, 1.82) is 0 Å². The van der Waals surface area contributed by atoms with E-state index in [0.29, 0.717) is 12.1 Å². The molecule has 0 saturated carbocycles. The van der Waals surface area contributed by atoms with Gasteiger partial charge in [0.25, 0.3) is 0 Å². The summed E-state index contributed by atoms with van der Waals surface area (Å²) in [6, 6.07) is 5.02. The summed E-state index contributed by atoms with van der Waals surface area (Å²) in [5.41, 5.74) is 0.148. The second-order valence-electron chi connectivity index (χ2n) is 6.23. The minimum Gasteiger partial charge on any atom is -0.381 e. The molecule has 3 rings (SSSR count). The molecule has 0 amide bonds. The van der Waals surface area contributed by atoms with Gasteiger partial charge in [0, 0.05) is 37.4 Å². The van der Waals surface area contributed by atoms with E-state index in [9.17, 15) is 8.78 Å². The topological polar surface area (TPSA) is 24.5 Å². The molecule has 2 heterocycles. The highest BCUT2D eigenvalue weighted by molar-refractivity contribution is 5.19. The number of likely N-dealkylation sites (tertiary alicyclic amines) is 1. The molecule has 22 heavy (non-hydrogen) atoms. The van der Waals surface area contributed by atoms with Gasteiger partial charge in [-0.15, -0.1) is 0 Å². The van der Waals surface area contributed by atoms with Crippen LogP contribution in [0.2, 0.25) is 0 Å². The zero-order valence-electron chi connectivity index (χ0n) is 12.9. The van der Waals surface area contributed by atoms with Gasteiger partial charge < -0.3 is 15.0 Å². The van der Waals surface area contributed by atoms with Gasteiger partial charge >= 0.3 is 0 Å². The molecule has 1 N–H and O–H groups in total. The number of halogens is 2. The summed E-state index contributed by atoms with van der Waals surface area (Å²) in [5.74, 6) is -0.931. The summed E-state index contributed by atoms with van der Waals surface area (Å²) in [5, 5.41) is 3.31. The van der Waals surface area contributed by atoms with Crippen molar-refractivity contribution in [3.8, 4) is 0 Å². The Labute approximate surface area is 130 Å². The van der Waals surface area contributed by atoms with E-state index < -0.39 is 11.6 Å². The van der Waals surface area contributed by atoms with Crippen LogP contribution >= 0.6 is 0 Å². The predicted octanol–water partition coefficient (Wildman–Crippen LogP) is 2.70. The first kappa shape index (κ1) is 15.8. The predicted molar refractivity (Wildman–Crippen MR) is 81.6 cm³/mol. The molecule has 0 aliphatic carbocycles. The molecule has 1 aromatic carbocycles. The minimum absolute atomic E-state index is 0.148. The second kappa shape index (κ2) is 7.49. The summed E-state index contributed by atoms with van der Waals surface area (Å²) in [6.07, 6.45) is 4.32. The molecule has 0 radical (unpaired) electrons. The quantitative estimate of drug-likeness (QED) is 0.925. The molecule has 0 unspecified atom stereocenters. The van der Waals surface area contributed by atoms with Gasteiger partial charge in [-0.1, -0.05) is 6.07 Å². The van der Waals surface area contributed by atoms with E-state index in [1.807, 2.05) is 0 Å². The monoisotopic (exact) mass is 310 g/mol. The van der Waals surface area contributed by atoms with Gasteiger partial charge in [-0.3, -0.25) is 0 Å². The zero-order valence-corrected chi connectivity index (χ0v) is 12.9. The Balaban J connectivity index is 1.46. The summed E-state index contributed by atoms with van der Waals surface area (Å²) in [4.78, 5) is 2.55. The lowest BCUT2D eigenvalue weighted by Crippen LogP contribution is -2.48. The fourth-order valence-electron chi connectivity index (χ4n) is 3.47. The van der Waals surface area contributed by atoms with Gasteiger partial charge in [0.15, 0.2) is 0 Å². The lowest BCUT2D eigenvalue weighted by Gasteiger charge is -2.39. The van der Waals surface area contributed by atoms with E-state index >= 15 is 0 Å². The lowest BCUT2D eigenvalue weighted by atomic mass is 9.99. The SMILES string of the molecule is Fc1cccc(F)c1CNC1CCN(C2CCOCC2)CC1. The molecule has 2 saturated heterocycles. The Morgan fingerprint density at radius 2 is 1.68 bits per heavy atom. The normalized spacial score (nSPS) is 22.1. The van der Waals surface area contributed by atoms with E-state index in [4.69, 9.17) is 4.74 Å². The van der Waals surface area contributed by atoms with Gasteiger partial charge in [0.2, 0.25) is 0 Å². The van der Waals surface area contributed by atoms with Crippen LogP contribution in [0.5, 0.6) is 0 Å². The smallest absolute Gasteiger partial charge is 0.130 e. The maximum absolute atomic E-state index is 13.6. The largest absolute Gasteiger partial charge is 0.381 e. The number of ether oxygens (including phenoxy) is 1. The van der Waals surface area contributed by atoms with Crippen molar-refractivity contribution in [2.75, 3.05) is 26.3 Å². The number of benzene rings is 1. The standard InChI is InChI=1S/C17H24F2N2O/c18-16-2-1-3-17(19)15(16)12-20-13-4-8-21(9-5-13)14-6-10-22-11-7-14/h1-3,13-14,20H,4-12H2. The van der Waals surface area contributed by atoms with Crippen LogP contribution in [-0.4, -0.2) is 43.3 Å². The first-order valence-electron chi connectivity index (χ1n) is 8.22. The average molecular weight is 310 g/mol. The maximum atomic E-state index is 13.6. The molecule has 1 aromatic rings. The third-order valence-electron chi connectivity index (χ3n) is 4.87. The Morgan fingerprint density at radius 1 is 1.05 bits per heavy atom. The van der Waals surface area contributed by atoms with Crippen LogP contribution in [0.1, 0.15) is 31.2 Å². The van der Waals surface area contributed by atoms with Crippen LogP contribution in [0, 0.1) is 11.6 Å². The van der Waals surface area contributed by atoms with Crippen LogP contribution in [0.3, 0.4) is 0 Å². The molecule has 0 atom stereocenters. The molecule has 2 fully saturated rings. The first-order valence-corrected chi connectivity index (χ1v) is 8.22. The molecule has 122 valence electrons. The third-order valence-corrected chi connectivity index (χ3v) is 4.87. The van der Waals surface area contributed by atoms with Crippen molar-refractivity contribution in [2.45, 2.75) is 44.3 Å². The van der Waals surface area contributed by atoms with E-state index in [1.54, 1.807) is 0 Å². The molecule has 2 aliphatic rings. The fraction of sp³-hybridized carbons (Fsp3) is 0.647. The van der Waals surface area contributed by atoms with E-state index in [2.05, 4.69) is 10.2 Å². The summed E-state index contributed by atoms with van der Waals surface area (Å²) in [7, 11) is 0. The van der Waals surface area contributed by atoms with Crippen LogP contribution in [0.15, 0.2) is 18.2 Å². The summed E-state index contributed by atoms with van der Waals surface area (Å²) < 4.78 is 32.6. The minimum atomic E-state index is -0.466. The van der Waals surface area contributed by atoms with Crippen LogP contribution in [-0.2, 0) is 11.3 Å². The highest BCUT2D eigenvalue weighted by Crippen LogP contribution is 2.20. The van der Waals surface area contributed by atoms with Gasteiger partial charge in [-0.05, 0) is 50.9 Å². The Morgan fingerprint density at radius 3 is 2.32 bits per heavy atom. The Bertz CT molecular complexity index is 463. The first-order chi connectivity index (χ1) is 10.7. The number of hydrogen-bond donors (Lipinski definition) is 1. The van der Waals surface area contributed by atoms with Crippen molar-refractivity contribution in [2.24, 2.45) is 0 Å². The van der Waals surface area contributed by atoms with Gasteiger partial charge in [-0.2, -0.15) is 0 Å². The van der Waals surface area contributed by atoms with Gasteiger partial charge in [0.05, 0.1) is 0 Å². The van der Waals surface area contributed by atoms with E-state index in [-0.39, 0.29) is 12.1 Å². The molecule has 2 aliphatic heterocycles. The van der Waals surface area contributed by atoms with E-state index in [0.717, 1.165) is 52.0 Å². The summed E-state index contributed by atoms with van der Waals surface area (Å²) >= 11 is 0. The van der Waals surface area contributed by atoms with Gasteiger partial charge in [-0.25, -0.2) is 8.78 Å². The molecular weight excluding hydrogens is 286 g/mol. The molecular formula is C17H24F2N2O. The number of nitrogens with zero attached hydrogens (tertiary/aromatic N) is 1. The van der Waals surface area contributed by atoms with Crippen molar-refractivity contribution in [3.05, 3.63) is 35.4 Å². The Hall–Kier alpha value is -1.04. The number of rotatable bonds is 4. The van der Waals surface area contributed by atoms with Crippen molar-refractivity contribution >= 4 is 0 Å². The fourth-order valence-corrected chi connectivity index (χ4v) is 3.47. The van der Waals surface area contributed by atoms with Crippen LogP contribution in [0.25, 0.3) is 0 Å².